The molecule has 4 rings (SSSR count). The van der Waals surface area contributed by atoms with E-state index in [1.165, 1.54) is 17.9 Å². The normalized spacial score (nSPS) is 12.8. The van der Waals surface area contributed by atoms with Crippen molar-refractivity contribution in [1.82, 2.24) is 15.1 Å². The number of benzene rings is 2. The number of carbonyl (C=O) groups is 3. The monoisotopic (exact) mass is 474 g/mol. The van der Waals surface area contributed by atoms with E-state index in [0.717, 1.165) is 22.3 Å². The van der Waals surface area contributed by atoms with Gasteiger partial charge in [0.1, 0.15) is 18.3 Å². The molecule has 35 heavy (non-hydrogen) atoms. The lowest BCUT2D eigenvalue weighted by Gasteiger charge is -2.16. The average Bonchev–Trinajstić information content (AvgIpc) is 3.37. The Morgan fingerprint density at radius 3 is 2.37 bits per heavy atom. The van der Waals surface area contributed by atoms with Crippen LogP contribution in [0.2, 0.25) is 0 Å². The highest BCUT2D eigenvalue weighted by atomic mass is 16.5. The van der Waals surface area contributed by atoms with Crippen molar-refractivity contribution in [3.63, 3.8) is 0 Å². The molecular formula is C26H26N4O5. The van der Waals surface area contributed by atoms with Crippen LogP contribution in [0.25, 0.3) is 11.1 Å². The van der Waals surface area contributed by atoms with E-state index in [0.29, 0.717) is 6.42 Å². The summed E-state index contributed by atoms with van der Waals surface area (Å²) in [5.41, 5.74) is 4.54. The Labute approximate surface area is 202 Å². The van der Waals surface area contributed by atoms with E-state index in [-0.39, 0.29) is 30.3 Å². The van der Waals surface area contributed by atoms with E-state index in [4.69, 9.17) is 4.74 Å². The lowest BCUT2D eigenvalue weighted by molar-refractivity contribution is -0.139. The smallest absolute Gasteiger partial charge is 0.411 e. The number of hydrogen-bond acceptors (Lipinski definition) is 5. The van der Waals surface area contributed by atoms with Crippen LogP contribution in [0.4, 0.5) is 10.5 Å². The molecule has 2 amide bonds. The van der Waals surface area contributed by atoms with Gasteiger partial charge in [0.15, 0.2) is 0 Å². The molecule has 0 fully saturated rings. The van der Waals surface area contributed by atoms with E-state index >= 15 is 0 Å². The van der Waals surface area contributed by atoms with Gasteiger partial charge in [-0.1, -0.05) is 54.6 Å². The molecule has 9 heteroatoms. The molecule has 0 bridgehead atoms. The number of anilines is 1. The third kappa shape index (κ3) is 4.93. The van der Waals surface area contributed by atoms with Crippen molar-refractivity contribution < 1.29 is 24.2 Å². The number of ether oxygens (including phenoxy) is 1. The van der Waals surface area contributed by atoms with Crippen molar-refractivity contribution in [2.24, 2.45) is 7.05 Å². The van der Waals surface area contributed by atoms with Gasteiger partial charge in [-0.05, 0) is 35.1 Å². The summed E-state index contributed by atoms with van der Waals surface area (Å²) in [6.45, 7) is 3.69. The molecule has 1 aliphatic rings. The maximum atomic E-state index is 12.8. The largest absolute Gasteiger partial charge is 0.480 e. The maximum absolute atomic E-state index is 12.8. The van der Waals surface area contributed by atoms with Gasteiger partial charge in [0.25, 0.3) is 5.91 Å². The second-order valence-electron chi connectivity index (χ2n) is 8.21. The van der Waals surface area contributed by atoms with Gasteiger partial charge in [-0.15, -0.1) is 6.58 Å². The second-order valence-corrected chi connectivity index (χ2v) is 8.21. The summed E-state index contributed by atoms with van der Waals surface area (Å²) in [6, 6.07) is 14.9. The van der Waals surface area contributed by atoms with Gasteiger partial charge in [-0.25, -0.2) is 9.59 Å². The zero-order chi connectivity index (χ0) is 24.9. The minimum atomic E-state index is -1.16. The van der Waals surface area contributed by atoms with E-state index in [2.05, 4.69) is 22.3 Å². The van der Waals surface area contributed by atoms with E-state index in [1.807, 2.05) is 48.5 Å². The first-order valence-corrected chi connectivity index (χ1v) is 11.2. The van der Waals surface area contributed by atoms with Crippen LogP contribution in [0.5, 0.6) is 0 Å². The lowest BCUT2D eigenvalue weighted by Crippen LogP contribution is -2.41. The van der Waals surface area contributed by atoms with Gasteiger partial charge in [-0.3, -0.25) is 14.8 Å². The summed E-state index contributed by atoms with van der Waals surface area (Å²) < 4.78 is 6.80. The average molecular weight is 475 g/mol. The molecular weight excluding hydrogens is 448 g/mol. The molecule has 2 aromatic carbocycles. The zero-order valence-electron chi connectivity index (χ0n) is 19.2. The molecule has 1 unspecified atom stereocenters. The van der Waals surface area contributed by atoms with Gasteiger partial charge < -0.3 is 15.2 Å². The first kappa shape index (κ1) is 23.7. The second kappa shape index (κ2) is 10.3. The number of aliphatic carboxylic acids is 1. The Morgan fingerprint density at radius 1 is 1.14 bits per heavy atom. The minimum Gasteiger partial charge on any atom is -0.480 e. The Kier molecular flexibility index (Phi) is 6.96. The van der Waals surface area contributed by atoms with Crippen LogP contribution >= 0.6 is 0 Å². The molecule has 0 aliphatic heterocycles. The molecule has 180 valence electrons. The highest BCUT2D eigenvalue weighted by Crippen LogP contribution is 2.44. The number of nitrogens with zero attached hydrogens (tertiary/aromatic N) is 2. The number of aryl methyl sites for hydroxylation is 1. The van der Waals surface area contributed by atoms with Crippen molar-refractivity contribution in [3.8, 4) is 11.1 Å². The fraction of sp³-hybridized carbons (Fsp3) is 0.231. The molecule has 0 saturated carbocycles. The highest BCUT2D eigenvalue weighted by molar-refractivity contribution is 6.02. The summed E-state index contributed by atoms with van der Waals surface area (Å²) in [4.78, 5) is 36.9. The minimum absolute atomic E-state index is 0.0170. The quantitative estimate of drug-likeness (QED) is 0.404. The molecule has 0 saturated heterocycles. The third-order valence-corrected chi connectivity index (χ3v) is 6.00. The van der Waals surface area contributed by atoms with Crippen molar-refractivity contribution in [2.45, 2.75) is 24.8 Å². The first-order chi connectivity index (χ1) is 16.9. The molecule has 3 aromatic rings. The maximum Gasteiger partial charge on any atom is 0.411 e. The number of hydrogen-bond donors (Lipinski definition) is 3. The van der Waals surface area contributed by atoms with Gasteiger partial charge in [-0.2, -0.15) is 5.10 Å². The number of aromatic nitrogens is 2. The molecule has 1 aliphatic carbocycles. The van der Waals surface area contributed by atoms with Crippen molar-refractivity contribution in [1.29, 1.82) is 0 Å². The number of nitrogens with one attached hydrogen (secondary N) is 2. The zero-order valence-corrected chi connectivity index (χ0v) is 19.2. The molecule has 1 aromatic heterocycles. The van der Waals surface area contributed by atoms with Crippen molar-refractivity contribution >= 4 is 23.7 Å². The van der Waals surface area contributed by atoms with E-state index in [9.17, 15) is 19.5 Å². The topological polar surface area (TPSA) is 123 Å². The first-order valence-electron chi connectivity index (χ1n) is 11.2. The number of fused-ring (bicyclic) bond motifs is 3. The Morgan fingerprint density at radius 2 is 1.77 bits per heavy atom. The Hall–Kier alpha value is -4.40. The Bertz CT molecular complexity index is 1240. The van der Waals surface area contributed by atoms with E-state index < -0.39 is 24.0 Å². The fourth-order valence-electron chi connectivity index (χ4n) is 4.31. The molecule has 1 heterocycles. The van der Waals surface area contributed by atoms with Gasteiger partial charge in [0.2, 0.25) is 0 Å². The molecule has 1 atom stereocenters. The van der Waals surface area contributed by atoms with Crippen LogP contribution in [0, 0.1) is 0 Å². The number of rotatable bonds is 9. The van der Waals surface area contributed by atoms with Crippen LogP contribution in [0.3, 0.4) is 0 Å². The molecule has 0 spiro atoms. The lowest BCUT2D eigenvalue weighted by atomic mass is 9.98. The molecule has 3 N–H and O–H groups in total. The third-order valence-electron chi connectivity index (χ3n) is 6.00. The van der Waals surface area contributed by atoms with E-state index in [1.54, 1.807) is 6.08 Å². The standard InChI is InChI=1S/C26H26N4O5/c1-3-4-13-21(25(32)33)28-24(31)23-22(14-27-30(23)2)29-26(34)35-15-20-18-11-7-5-9-16(18)17-10-6-8-12-19(17)20/h3,5-12,14,20-21H,1,4,13,15H2,2H3,(H,28,31)(H,29,34)(H,32,33). The number of carboxylic acid groups (broad SMARTS) is 1. The fourth-order valence-corrected chi connectivity index (χ4v) is 4.31. The summed E-state index contributed by atoms with van der Waals surface area (Å²) in [7, 11) is 1.53. The van der Waals surface area contributed by atoms with Gasteiger partial charge in [0.05, 0.1) is 11.9 Å². The predicted octanol–water partition coefficient (Wildman–Crippen LogP) is 3.93. The van der Waals surface area contributed by atoms with Crippen LogP contribution < -0.4 is 10.6 Å². The highest BCUT2D eigenvalue weighted by Gasteiger charge is 2.29. The van der Waals surface area contributed by atoms with Crippen molar-refractivity contribution in [3.05, 3.63) is 84.2 Å². The molecule has 0 radical (unpaired) electrons. The van der Waals surface area contributed by atoms with Gasteiger partial charge >= 0.3 is 12.1 Å². The Balaban J connectivity index is 1.44. The molecule has 9 nitrogen and oxygen atoms in total. The number of carbonyl (C=O) groups excluding carboxylic acids is 2. The summed E-state index contributed by atoms with van der Waals surface area (Å²) >= 11 is 0. The van der Waals surface area contributed by atoms with Gasteiger partial charge in [0, 0.05) is 13.0 Å². The van der Waals surface area contributed by atoms with Crippen LogP contribution in [0.1, 0.15) is 40.4 Å². The van der Waals surface area contributed by atoms with Crippen molar-refractivity contribution in [2.75, 3.05) is 11.9 Å². The number of amides is 2. The predicted molar refractivity (Wildman–Crippen MR) is 130 cm³/mol. The SMILES string of the molecule is C=CCCC(NC(=O)c1c(NC(=O)OCC2c3ccccc3-c3ccccc32)cnn1C)C(=O)O. The van der Waals surface area contributed by atoms with Crippen LogP contribution in [-0.4, -0.2) is 45.5 Å². The summed E-state index contributed by atoms with van der Waals surface area (Å²) in [6.07, 6.45) is 2.77. The van der Waals surface area contributed by atoms with Crippen LogP contribution in [-0.2, 0) is 16.6 Å². The summed E-state index contributed by atoms with van der Waals surface area (Å²) in [5, 5.41) is 18.4. The number of carboxylic acids is 1. The van der Waals surface area contributed by atoms with Crippen LogP contribution in [0.15, 0.2) is 67.4 Å². The summed E-state index contributed by atoms with van der Waals surface area (Å²) in [5.74, 6) is -1.94. The number of allylic oxidation sites excluding steroid dienone is 1.